The number of hydrogen-bond acceptors (Lipinski definition) is 7. The molecular formula is C19H26N4O5. The summed E-state index contributed by atoms with van der Waals surface area (Å²) in [5.74, 6) is 1.07. The fraction of sp³-hybridized carbons (Fsp3) is 0.474. The van der Waals surface area contributed by atoms with E-state index in [-0.39, 0.29) is 6.42 Å². The van der Waals surface area contributed by atoms with Crippen LogP contribution in [0, 0.1) is 0 Å². The highest BCUT2D eigenvalue weighted by molar-refractivity contribution is 5.71. The summed E-state index contributed by atoms with van der Waals surface area (Å²) < 4.78 is 15.1. The fourth-order valence-electron chi connectivity index (χ4n) is 2.42. The van der Waals surface area contributed by atoms with E-state index in [2.05, 4.69) is 25.2 Å². The van der Waals surface area contributed by atoms with Crippen molar-refractivity contribution < 1.29 is 23.8 Å². The van der Waals surface area contributed by atoms with E-state index in [1.807, 2.05) is 24.3 Å². The van der Waals surface area contributed by atoms with E-state index in [0.29, 0.717) is 18.1 Å². The van der Waals surface area contributed by atoms with Crippen LogP contribution in [0.4, 0.5) is 4.79 Å². The van der Waals surface area contributed by atoms with Gasteiger partial charge in [-0.15, -0.1) is 10.2 Å². The number of amides is 1. The van der Waals surface area contributed by atoms with Crippen molar-refractivity contribution >= 4 is 12.1 Å². The molecule has 2 N–H and O–H groups in total. The first-order chi connectivity index (χ1) is 13.2. The Bertz CT molecular complexity index is 795. The Labute approximate surface area is 163 Å². The van der Waals surface area contributed by atoms with Crippen molar-refractivity contribution in [3.8, 4) is 5.75 Å². The molecule has 9 heteroatoms. The van der Waals surface area contributed by atoms with Gasteiger partial charge in [0, 0.05) is 6.42 Å². The highest BCUT2D eigenvalue weighted by atomic mass is 16.6. The lowest BCUT2D eigenvalue weighted by Gasteiger charge is -2.22. The number of H-pyrrole nitrogens is 1. The Balaban J connectivity index is 2.19. The molecule has 9 nitrogen and oxygen atoms in total. The van der Waals surface area contributed by atoms with Crippen LogP contribution in [0.15, 0.2) is 24.3 Å². The number of hydrogen-bond donors (Lipinski definition) is 2. The van der Waals surface area contributed by atoms with Crippen LogP contribution in [0.3, 0.4) is 0 Å². The third kappa shape index (κ3) is 6.57. The summed E-state index contributed by atoms with van der Waals surface area (Å²) in [4.78, 5) is 26.7. The molecule has 0 radical (unpaired) electrons. The Morgan fingerprint density at radius 3 is 2.39 bits per heavy atom. The Kier molecular flexibility index (Phi) is 6.97. The molecule has 1 amide bonds. The molecular weight excluding hydrogens is 364 g/mol. The van der Waals surface area contributed by atoms with E-state index in [0.717, 1.165) is 11.3 Å². The van der Waals surface area contributed by atoms with Crippen molar-refractivity contribution in [1.29, 1.82) is 0 Å². The van der Waals surface area contributed by atoms with Crippen molar-refractivity contribution in [3.63, 3.8) is 0 Å². The van der Waals surface area contributed by atoms with Gasteiger partial charge in [0.25, 0.3) is 0 Å². The summed E-state index contributed by atoms with van der Waals surface area (Å²) in [6.07, 6.45) is -0.168. The van der Waals surface area contributed by atoms with Gasteiger partial charge in [0.1, 0.15) is 23.6 Å². The number of ether oxygens (including phenoxy) is 3. The Morgan fingerprint density at radius 2 is 1.82 bits per heavy atom. The van der Waals surface area contributed by atoms with E-state index in [1.165, 1.54) is 7.11 Å². The molecule has 1 unspecified atom stereocenters. The SMILES string of the molecule is COC(=O)Cc1nnc(C(Cc2ccc(OC)cc2)NC(=O)OC(C)(C)C)[nH]1. The monoisotopic (exact) mass is 390 g/mol. The maximum absolute atomic E-state index is 12.3. The summed E-state index contributed by atoms with van der Waals surface area (Å²) in [7, 11) is 2.90. The number of nitrogens with one attached hydrogen (secondary N) is 2. The van der Waals surface area contributed by atoms with E-state index in [1.54, 1.807) is 27.9 Å². The number of carbonyl (C=O) groups excluding carboxylic acids is 2. The van der Waals surface area contributed by atoms with Gasteiger partial charge in [0.15, 0.2) is 5.82 Å². The third-order valence-electron chi connectivity index (χ3n) is 3.71. The number of esters is 1. The molecule has 1 aromatic heterocycles. The van der Waals surface area contributed by atoms with Crippen molar-refractivity contribution in [2.24, 2.45) is 0 Å². The topological polar surface area (TPSA) is 115 Å². The summed E-state index contributed by atoms with van der Waals surface area (Å²) in [5, 5.41) is 10.8. The zero-order valence-corrected chi connectivity index (χ0v) is 16.7. The van der Waals surface area contributed by atoms with Gasteiger partial charge < -0.3 is 24.5 Å². The second-order valence-electron chi connectivity index (χ2n) is 7.16. The summed E-state index contributed by atoms with van der Waals surface area (Å²) in [6, 6.07) is 6.94. The number of aromatic nitrogens is 3. The van der Waals surface area contributed by atoms with Gasteiger partial charge in [-0.3, -0.25) is 4.79 Å². The lowest BCUT2D eigenvalue weighted by atomic mass is 10.1. The normalized spacial score (nSPS) is 12.2. The van der Waals surface area contributed by atoms with Crippen molar-refractivity contribution in [2.75, 3.05) is 14.2 Å². The van der Waals surface area contributed by atoms with Crippen molar-refractivity contribution in [1.82, 2.24) is 20.5 Å². The predicted octanol–water partition coefficient (Wildman–Crippen LogP) is 2.34. The molecule has 0 bridgehead atoms. The van der Waals surface area contributed by atoms with Gasteiger partial charge in [-0.2, -0.15) is 0 Å². The van der Waals surface area contributed by atoms with E-state index >= 15 is 0 Å². The summed E-state index contributed by atoms with van der Waals surface area (Å²) in [6.45, 7) is 5.36. The van der Waals surface area contributed by atoms with Gasteiger partial charge in [-0.25, -0.2) is 4.79 Å². The predicted molar refractivity (Wildman–Crippen MR) is 101 cm³/mol. The number of carbonyl (C=O) groups is 2. The summed E-state index contributed by atoms with van der Waals surface area (Å²) >= 11 is 0. The molecule has 152 valence electrons. The molecule has 2 rings (SSSR count). The van der Waals surface area contributed by atoms with Gasteiger partial charge >= 0.3 is 12.1 Å². The van der Waals surface area contributed by atoms with Gasteiger partial charge in [-0.1, -0.05) is 12.1 Å². The number of rotatable bonds is 7. The molecule has 0 aliphatic rings. The van der Waals surface area contributed by atoms with Gasteiger partial charge in [0.2, 0.25) is 0 Å². The molecule has 1 heterocycles. The number of aromatic amines is 1. The van der Waals surface area contributed by atoms with Crippen molar-refractivity contribution in [2.45, 2.75) is 45.3 Å². The second-order valence-corrected chi connectivity index (χ2v) is 7.16. The molecule has 2 aromatic rings. The number of alkyl carbamates (subject to hydrolysis) is 1. The zero-order chi connectivity index (χ0) is 20.7. The molecule has 28 heavy (non-hydrogen) atoms. The molecule has 0 spiro atoms. The maximum atomic E-state index is 12.3. The summed E-state index contributed by atoms with van der Waals surface area (Å²) in [5.41, 5.74) is 0.319. The lowest BCUT2D eigenvalue weighted by molar-refractivity contribution is -0.139. The first-order valence-electron chi connectivity index (χ1n) is 8.81. The van der Waals surface area contributed by atoms with Crippen LogP contribution in [-0.2, 0) is 27.1 Å². The van der Waals surface area contributed by atoms with Crippen LogP contribution in [0.2, 0.25) is 0 Å². The maximum Gasteiger partial charge on any atom is 0.408 e. The first-order valence-corrected chi connectivity index (χ1v) is 8.81. The fourth-order valence-corrected chi connectivity index (χ4v) is 2.42. The minimum atomic E-state index is -0.633. The highest BCUT2D eigenvalue weighted by Crippen LogP contribution is 2.19. The zero-order valence-electron chi connectivity index (χ0n) is 16.7. The standard InChI is InChI=1S/C19H26N4O5/c1-19(2,3)28-18(25)20-14(10-12-6-8-13(26-4)9-7-12)17-21-15(22-23-17)11-16(24)27-5/h6-9,14H,10-11H2,1-5H3,(H,20,25)(H,21,22,23). The smallest absolute Gasteiger partial charge is 0.408 e. The van der Waals surface area contributed by atoms with Crippen LogP contribution in [-0.4, -0.2) is 47.1 Å². The number of benzene rings is 1. The van der Waals surface area contributed by atoms with E-state index in [9.17, 15) is 9.59 Å². The number of nitrogens with zero attached hydrogens (tertiary/aromatic N) is 2. The highest BCUT2D eigenvalue weighted by Gasteiger charge is 2.24. The van der Waals surface area contributed by atoms with Crippen molar-refractivity contribution in [3.05, 3.63) is 41.5 Å². The van der Waals surface area contributed by atoms with Gasteiger partial charge in [0.05, 0.1) is 20.3 Å². The first kappa shape index (κ1) is 21.2. The Hall–Kier alpha value is -3.10. The van der Waals surface area contributed by atoms with Crippen LogP contribution in [0.5, 0.6) is 5.75 Å². The van der Waals surface area contributed by atoms with Crippen LogP contribution >= 0.6 is 0 Å². The average molecular weight is 390 g/mol. The minimum Gasteiger partial charge on any atom is -0.497 e. The molecule has 1 atom stereocenters. The number of methoxy groups -OCH3 is 2. The van der Waals surface area contributed by atoms with E-state index < -0.39 is 23.7 Å². The molecule has 0 saturated heterocycles. The molecule has 0 aliphatic carbocycles. The minimum absolute atomic E-state index is 0.0365. The molecule has 0 aliphatic heterocycles. The van der Waals surface area contributed by atoms with Crippen LogP contribution < -0.4 is 10.1 Å². The third-order valence-corrected chi connectivity index (χ3v) is 3.71. The Morgan fingerprint density at radius 1 is 1.14 bits per heavy atom. The lowest BCUT2D eigenvalue weighted by Crippen LogP contribution is -2.36. The van der Waals surface area contributed by atoms with Crippen LogP contribution in [0.1, 0.15) is 44.0 Å². The average Bonchev–Trinajstić information content (AvgIpc) is 3.08. The molecule has 0 fully saturated rings. The quantitative estimate of drug-likeness (QED) is 0.697. The molecule has 1 aromatic carbocycles. The van der Waals surface area contributed by atoms with Crippen LogP contribution in [0.25, 0.3) is 0 Å². The molecule has 0 saturated carbocycles. The second kappa shape index (κ2) is 9.20. The van der Waals surface area contributed by atoms with Gasteiger partial charge in [-0.05, 0) is 38.5 Å². The van der Waals surface area contributed by atoms with E-state index in [4.69, 9.17) is 9.47 Å². The largest absolute Gasteiger partial charge is 0.497 e.